The molecule has 0 saturated heterocycles. The number of amides is 2. The van der Waals surface area contributed by atoms with Crippen molar-refractivity contribution in [3.05, 3.63) is 101 Å². The van der Waals surface area contributed by atoms with Crippen LogP contribution < -0.4 is 4.74 Å². The number of halogens is 1. The Bertz CT molecular complexity index is 1080. The lowest BCUT2D eigenvalue weighted by molar-refractivity contribution is -0.135. The van der Waals surface area contributed by atoms with E-state index in [9.17, 15) is 18.8 Å². The Hall–Kier alpha value is -3.80. The van der Waals surface area contributed by atoms with Gasteiger partial charge in [-0.25, -0.2) is 4.39 Å². The number of fused-ring (bicyclic) bond motifs is 1. The first kappa shape index (κ1) is 18.6. The molecule has 4 rings (SSSR count). The van der Waals surface area contributed by atoms with Crippen LogP contribution in [-0.2, 0) is 4.79 Å². The number of rotatable bonds is 4. The van der Waals surface area contributed by atoms with E-state index >= 15 is 0 Å². The first-order valence-corrected chi connectivity index (χ1v) is 8.99. The topological polar surface area (TPSA) is 63.7 Å². The molecule has 1 aliphatic heterocycles. The second-order valence-corrected chi connectivity index (χ2v) is 6.56. The summed E-state index contributed by atoms with van der Waals surface area (Å²) in [7, 11) is 0. The van der Waals surface area contributed by atoms with Crippen LogP contribution in [0.3, 0.4) is 0 Å². The molecule has 2 amide bonds. The van der Waals surface area contributed by atoms with E-state index in [2.05, 4.69) is 0 Å². The van der Waals surface area contributed by atoms with Gasteiger partial charge in [0, 0.05) is 11.1 Å². The van der Waals surface area contributed by atoms with Gasteiger partial charge in [0.15, 0.2) is 5.78 Å². The zero-order valence-corrected chi connectivity index (χ0v) is 15.2. The molecule has 1 heterocycles. The molecule has 3 aromatic rings. The number of carbonyl (C=O) groups is 3. The van der Waals surface area contributed by atoms with Crippen LogP contribution >= 0.6 is 0 Å². The molecule has 0 radical (unpaired) electrons. The third kappa shape index (κ3) is 3.65. The van der Waals surface area contributed by atoms with Crippen molar-refractivity contribution in [1.29, 1.82) is 0 Å². The highest BCUT2D eigenvalue weighted by atomic mass is 19.1. The van der Waals surface area contributed by atoms with Gasteiger partial charge in [-0.1, -0.05) is 42.5 Å². The maximum atomic E-state index is 13.2. The third-order valence-electron chi connectivity index (χ3n) is 4.67. The highest BCUT2D eigenvalue weighted by Gasteiger charge is 2.38. The largest absolute Gasteiger partial charge is 0.475 e. The maximum absolute atomic E-state index is 13.2. The summed E-state index contributed by atoms with van der Waals surface area (Å²) in [6, 6.07) is 20.3. The van der Waals surface area contributed by atoms with E-state index in [4.69, 9.17) is 4.74 Å². The third-order valence-corrected chi connectivity index (χ3v) is 4.67. The number of carbonyl (C=O) groups excluding carboxylic acids is 3. The van der Waals surface area contributed by atoms with Crippen LogP contribution in [0.1, 0.15) is 32.4 Å². The zero-order valence-electron chi connectivity index (χ0n) is 15.2. The summed E-state index contributed by atoms with van der Waals surface area (Å²) >= 11 is 0. The molecule has 0 aromatic heterocycles. The predicted octanol–water partition coefficient (Wildman–Crippen LogP) is 3.81. The van der Waals surface area contributed by atoms with Crippen molar-refractivity contribution < 1.29 is 23.5 Å². The van der Waals surface area contributed by atoms with Crippen molar-refractivity contribution in [1.82, 2.24) is 4.90 Å². The lowest BCUT2D eigenvalue weighted by atomic mass is 10.1. The van der Waals surface area contributed by atoms with Gasteiger partial charge >= 0.3 is 0 Å². The van der Waals surface area contributed by atoms with Crippen molar-refractivity contribution in [3.8, 4) is 5.75 Å². The van der Waals surface area contributed by atoms with Gasteiger partial charge in [-0.2, -0.15) is 0 Å². The number of Topliss-reactive ketones (excluding diaryl/α,β-unsaturated/α-hetero) is 1. The Morgan fingerprint density at radius 1 is 0.897 bits per heavy atom. The minimum Gasteiger partial charge on any atom is -0.475 e. The van der Waals surface area contributed by atoms with Gasteiger partial charge in [-0.05, 0) is 36.4 Å². The molecule has 29 heavy (non-hydrogen) atoms. The second-order valence-electron chi connectivity index (χ2n) is 6.56. The van der Waals surface area contributed by atoms with E-state index in [0.29, 0.717) is 5.56 Å². The molecule has 3 aromatic carbocycles. The quantitative estimate of drug-likeness (QED) is 0.503. The summed E-state index contributed by atoms with van der Waals surface area (Å²) < 4.78 is 19.0. The molecule has 0 N–H and O–H groups in total. The predicted molar refractivity (Wildman–Crippen MR) is 103 cm³/mol. The minimum atomic E-state index is -1.06. The van der Waals surface area contributed by atoms with Crippen LogP contribution in [0.25, 0.3) is 0 Å². The Morgan fingerprint density at radius 2 is 1.55 bits per heavy atom. The van der Waals surface area contributed by atoms with Crippen LogP contribution in [-0.4, -0.2) is 29.0 Å². The number of hydrogen-bond donors (Lipinski definition) is 0. The fourth-order valence-corrected chi connectivity index (χ4v) is 3.17. The number of ketones is 1. The van der Waals surface area contributed by atoms with Crippen molar-refractivity contribution >= 4 is 17.6 Å². The van der Waals surface area contributed by atoms with Crippen molar-refractivity contribution in [3.63, 3.8) is 0 Å². The number of imide groups is 1. The molecule has 0 fully saturated rings. The highest BCUT2D eigenvalue weighted by Crippen LogP contribution is 2.32. The lowest BCUT2D eigenvalue weighted by Crippen LogP contribution is -2.42. The second kappa shape index (κ2) is 7.67. The maximum Gasteiger partial charge on any atom is 0.275 e. The number of para-hydroxylation sites is 1. The molecular weight excluding hydrogens is 373 g/mol. The van der Waals surface area contributed by atoms with E-state index in [-0.39, 0.29) is 16.9 Å². The average molecular weight is 389 g/mol. The first-order chi connectivity index (χ1) is 14.0. The number of ether oxygens (including phenoxy) is 1. The van der Waals surface area contributed by atoms with Crippen molar-refractivity contribution in [2.45, 2.75) is 6.10 Å². The summed E-state index contributed by atoms with van der Waals surface area (Å²) in [5, 5.41) is 0. The van der Waals surface area contributed by atoms with Gasteiger partial charge < -0.3 is 4.74 Å². The van der Waals surface area contributed by atoms with Crippen LogP contribution in [0, 0.1) is 5.82 Å². The summed E-state index contributed by atoms with van der Waals surface area (Å²) in [5.41, 5.74) is 0.981. The van der Waals surface area contributed by atoms with Crippen LogP contribution in [0.4, 0.5) is 4.39 Å². The van der Waals surface area contributed by atoms with E-state index in [1.165, 1.54) is 12.1 Å². The molecule has 0 aliphatic carbocycles. The monoisotopic (exact) mass is 389 g/mol. The zero-order chi connectivity index (χ0) is 20.4. The molecule has 144 valence electrons. The van der Waals surface area contributed by atoms with Gasteiger partial charge in [0.2, 0.25) is 6.10 Å². The van der Waals surface area contributed by atoms with Gasteiger partial charge in [-0.15, -0.1) is 0 Å². The normalized spacial score (nSPS) is 16.0. The fraction of sp³-hybridized carbons (Fsp3) is 0.0870. The van der Waals surface area contributed by atoms with Gasteiger partial charge in [-0.3, -0.25) is 19.3 Å². The summed E-state index contributed by atoms with van der Waals surface area (Å²) in [6.45, 7) is -0.468. The number of hydrogen-bond acceptors (Lipinski definition) is 4. The average Bonchev–Trinajstić information content (AvgIpc) is 2.85. The van der Waals surface area contributed by atoms with E-state index in [1.54, 1.807) is 54.6 Å². The smallest absolute Gasteiger partial charge is 0.275 e. The molecule has 0 saturated carbocycles. The molecule has 1 atom stereocenters. The molecule has 6 heteroatoms. The Labute approximate surface area is 166 Å². The summed E-state index contributed by atoms with van der Waals surface area (Å²) in [6.07, 6.45) is -1.06. The first-order valence-electron chi connectivity index (χ1n) is 8.99. The Balaban J connectivity index is 1.72. The van der Waals surface area contributed by atoms with Gasteiger partial charge in [0.05, 0.1) is 12.1 Å². The minimum absolute atomic E-state index is 0.200. The van der Waals surface area contributed by atoms with Crippen molar-refractivity contribution in [2.75, 3.05) is 6.54 Å². The van der Waals surface area contributed by atoms with Crippen LogP contribution in [0.15, 0.2) is 78.9 Å². The van der Waals surface area contributed by atoms with E-state index in [1.807, 2.05) is 0 Å². The lowest BCUT2D eigenvalue weighted by Gasteiger charge is -2.22. The number of nitrogens with zero attached hydrogens (tertiary/aromatic N) is 1. The molecular formula is C23H16FNO4. The van der Waals surface area contributed by atoms with E-state index < -0.39 is 36.1 Å². The molecule has 0 bridgehead atoms. The molecule has 0 spiro atoms. The SMILES string of the molecule is O=C(CN1C(=O)c2ccccc2OC(c2ccccc2)C1=O)c1ccc(F)cc1. The van der Waals surface area contributed by atoms with Crippen LogP contribution in [0.2, 0.25) is 0 Å². The van der Waals surface area contributed by atoms with Gasteiger partial charge in [0.1, 0.15) is 11.6 Å². The van der Waals surface area contributed by atoms with Crippen LogP contribution in [0.5, 0.6) is 5.75 Å². The molecule has 1 aliphatic rings. The molecule has 1 unspecified atom stereocenters. The standard InChI is InChI=1S/C23H16FNO4/c24-17-12-10-15(11-13-17)19(26)14-25-22(27)18-8-4-5-9-20(18)29-21(23(25)28)16-6-2-1-3-7-16/h1-13,21H,14H2. The Morgan fingerprint density at radius 3 is 2.28 bits per heavy atom. The molecule has 5 nitrogen and oxygen atoms in total. The highest BCUT2D eigenvalue weighted by molar-refractivity contribution is 6.12. The Kier molecular flexibility index (Phi) is 4.91. The fourth-order valence-electron chi connectivity index (χ4n) is 3.17. The van der Waals surface area contributed by atoms with Crippen molar-refractivity contribution in [2.24, 2.45) is 0 Å². The number of benzene rings is 3. The van der Waals surface area contributed by atoms with Gasteiger partial charge in [0.25, 0.3) is 11.8 Å². The summed E-state index contributed by atoms with van der Waals surface area (Å²) in [5.74, 6) is -1.92. The van der Waals surface area contributed by atoms with E-state index in [0.717, 1.165) is 17.0 Å². The summed E-state index contributed by atoms with van der Waals surface area (Å²) in [4.78, 5) is 39.8.